The van der Waals surface area contributed by atoms with Crippen LogP contribution in [0.1, 0.15) is 13.8 Å². The smallest absolute Gasteiger partial charge is 0.262 e. The number of aromatic amines is 1. The van der Waals surface area contributed by atoms with E-state index in [-0.39, 0.29) is 29.4 Å². The van der Waals surface area contributed by atoms with Gasteiger partial charge in [-0.05, 0) is 50.2 Å². The van der Waals surface area contributed by atoms with E-state index in [1.165, 1.54) is 18.0 Å². The van der Waals surface area contributed by atoms with Crippen LogP contribution in [0, 0.1) is 0 Å². The monoisotopic (exact) mass is 490 g/mol. The summed E-state index contributed by atoms with van der Waals surface area (Å²) in [5, 5.41) is 7.96. The van der Waals surface area contributed by atoms with Crippen molar-refractivity contribution in [1.82, 2.24) is 19.7 Å². The van der Waals surface area contributed by atoms with Crippen LogP contribution in [-0.4, -0.2) is 56.7 Å². The average molecular weight is 491 g/mol. The maximum atomic E-state index is 12.5. The molecule has 35 heavy (non-hydrogen) atoms. The van der Waals surface area contributed by atoms with Crippen molar-refractivity contribution in [3.8, 4) is 5.69 Å². The Morgan fingerprint density at radius 2 is 1.80 bits per heavy atom. The van der Waals surface area contributed by atoms with Crippen LogP contribution in [0.4, 0.5) is 11.4 Å². The number of rotatable bonds is 6. The van der Waals surface area contributed by atoms with Gasteiger partial charge >= 0.3 is 0 Å². The fourth-order valence-corrected chi connectivity index (χ4v) is 4.86. The molecule has 2 aromatic heterocycles. The van der Waals surface area contributed by atoms with Crippen LogP contribution in [0.2, 0.25) is 0 Å². The molecule has 10 heteroatoms. The molecular weight excluding hydrogens is 464 g/mol. The number of amides is 1. The Hall–Kier alpha value is -3.63. The zero-order valence-corrected chi connectivity index (χ0v) is 20.3. The zero-order valence-electron chi connectivity index (χ0n) is 19.5. The molecule has 2 unspecified atom stereocenters. The van der Waals surface area contributed by atoms with Crippen molar-refractivity contribution in [2.45, 2.75) is 31.2 Å². The molecule has 0 bridgehead atoms. The van der Waals surface area contributed by atoms with Gasteiger partial charge < -0.3 is 19.9 Å². The number of benzene rings is 2. The lowest BCUT2D eigenvalue weighted by Crippen LogP contribution is -2.45. The number of para-hydroxylation sites is 1. The molecule has 2 N–H and O–H groups in total. The third kappa shape index (κ3) is 5.23. The summed E-state index contributed by atoms with van der Waals surface area (Å²) in [4.78, 5) is 34.6. The van der Waals surface area contributed by atoms with Crippen molar-refractivity contribution < 1.29 is 9.53 Å². The summed E-state index contributed by atoms with van der Waals surface area (Å²) in [6.45, 7) is 5.82. The van der Waals surface area contributed by atoms with Crippen LogP contribution in [0.3, 0.4) is 0 Å². The number of thioether (sulfide) groups is 1. The average Bonchev–Trinajstić information content (AvgIpc) is 3.28. The minimum atomic E-state index is -0.289. The summed E-state index contributed by atoms with van der Waals surface area (Å²) in [5.74, 6) is -0.0792. The zero-order chi connectivity index (χ0) is 24.4. The molecular formula is C25H26N6O3S. The van der Waals surface area contributed by atoms with Gasteiger partial charge in [-0.1, -0.05) is 30.0 Å². The number of H-pyrrole nitrogens is 1. The highest BCUT2D eigenvalue weighted by molar-refractivity contribution is 7.99. The van der Waals surface area contributed by atoms with Crippen molar-refractivity contribution in [3.63, 3.8) is 0 Å². The van der Waals surface area contributed by atoms with Crippen LogP contribution in [0.5, 0.6) is 0 Å². The highest BCUT2D eigenvalue weighted by Crippen LogP contribution is 2.23. The number of fused-ring (bicyclic) bond motifs is 1. The van der Waals surface area contributed by atoms with E-state index in [0.29, 0.717) is 21.9 Å². The predicted octanol–water partition coefficient (Wildman–Crippen LogP) is 3.45. The Kier molecular flexibility index (Phi) is 6.56. The number of morpholine rings is 1. The van der Waals surface area contributed by atoms with Crippen molar-refractivity contribution in [1.29, 1.82) is 0 Å². The lowest BCUT2D eigenvalue weighted by molar-refractivity contribution is -0.113. The summed E-state index contributed by atoms with van der Waals surface area (Å²) in [7, 11) is 0. The third-order valence-electron chi connectivity index (χ3n) is 5.69. The number of nitrogens with zero attached hydrogens (tertiary/aromatic N) is 4. The van der Waals surface area contributed by atoms with Crippen molar-refractivity contribution in [3.05, 3.63) is 71.1 Å². The first-order valence-electron chi connectivity index (χ1n) is 11.4. The molecule has 1 amide bonds. The van der Waals surface area contributed by atoms with Crippen LogP contribution >= 0.6 is 11.8 Å². The van der Waals surface area contributed by atoms with Gasteiger partial charge in [-0.3, -0.25) is 9.59 Å². The van der Waals surface area contributed by atoms with Gasteiger partial charge in [-0.2, -0.15) is 5.10 Å². The largest absolute Gasteiger partial charge is 0.372 e. The van der Waals surface area contributed by atoms with Crippen LogP contribution in [0.15, 0.2) is 70.7 Å². The second kappa shape index (κ2) is 9.93. The standard InChI is InChI=1S/C25H26N6O3S/c1-16-13-30(14-17(2)34-16)19-10-8-18(9-11-19)27-22(32)15-35-25-28-23-21(24(33)29-25)12-26-31(23)20-6-4-3-5-7-20/h3-12,16-17H,13-15H2,1-2H3,(H,27,32)(H,28,29,33). The second-order valence-corrected chi connectivity index (χ2v) is 9.51. The predicted molar refractivity (Wildman–Crippen MR) is 138 cm³/mol. The van der Waals surface area contributed by atoms with Gasteiger partial charge in [0.1, 0.15) is 5.39 Å². The van der Waals surface area contributed by atoms with Gasteiger partial charge in [0, 0.05) is 24.5 Å². The number of aromatic nitrogens is 4. The van der Waals surface area contributed by atoms with E-state index < -0.39 is 0 Å². The summed E-state index contributed by atoms with van der Waals surface area (Å²) in [6.07, 6.45) is 1.86. The van der Waals surface area contributed by atoms with E-state index in [4.69, 9.17) is 4.74 Å². The molecule has 180 valence electrons. The Balaban J connectivity index is 1.23. The van der Waals surface area contributed by atoms with Gasteiger partial charge in [-0.15, -0.1) is 0 Å². The van der Waals surface area contributed by atoms with E-state index >= 15 is 0 Å². The summed E-state index contributed by atoms with van der Waals surface area (Å²) in [6, 6.07) is 17.3. The number of nitrogens with one attached hydrogen (secondary N) is 2. The topological polar surface area (TPSA) is 105 Å². The van der Waals surface area contributed by atoms with Gasteiger partial charge in [0.25, 0.3) is 5.56 Å². The number of carbonyl (C=O) groups excluding carboxylic acids is 1. The van der Waals surface area contributed by atoms with E-state index in [0.717, 1.165) is 24.5 Å². The molecule has 2 aromatic carbocycles. The minimum absolute atomic E-state index is 0.105. The number of hydrogen-bond acceptors (Lipinski definition) is 7. The maximum absolute atomic E-state index is 12.5. The normalized spacial score (nSPS) is 18.1. The molecule has 0 radical (unpaired) electrons. The molecule has 1 fully saturated rings. The SMILES string of the molecule is CC1CN(c2ccc(NC(=O)CSc3nc4c(cnn4-c4ccccc4)c(=O)[nH]3)cc2)CC(C)O1. The molecule has 0 spiro atoms. The second-order valence-electron chi connectivity index (χ2n) is 8.55. The molecule has 2 atom stereocenters. The maximum Gasteiger partial charge on any atom is 0.262 e. The van der Waals surface area contributed by atoms with E-state index in [1.54, 1.807) is 4.68 Å². The first-order valence-corrected chi connectivity index (χ1v) is 12.4. The highest BCUT2D eigenvalue weighted by Gasteiger charge is 2.22. The van der Waals surface area contributed by atoms with Crippen molar-refractivity contribution in [2.24, 2.45) is 0 Å². The Morgan fingerprint density at radius 3 is 2.51 bits per heavy atom. The van der Waals surface area contributed by atoms with Gasteiger partial charge in [-0.25, -0.2) is 9.67 Å². The lowest BCUT2D eigenvalue weighted by Gasteiger charge is -2.36. The first kappa shape index (κ1) is 23.1. The quantitative estimate of drug-likeness (QED) is 0.315. The van der Waals surface area contributed by atoms with Gasteiger partial charge in [0.15, 0.2) is 10.8 Å². The van der Waals surface area contributed by atoms with Gasteiger partial charge in [0.05, 0.1) is 29.8 Å². The molecule has 1 aliphatic rings. The summed E-state index contributed by atoms with van der Waals surface area (Å²) in [5.41, 5.74) is 2.78. The van der Waals surface area contributed by atoms with Crippen LogP contribution < -0.4 is 15.8 Å². The fraction of sp³-hybridized carbons (Fsp3) is 0.280. The molecule has 0 saturated carbocycles. The van der Waals surface area contributed by atoms with Crippen LogP contribution in [-0.2, 0) is 9.53 Å². The number of ether oxygens (including phenoxy) is 1. The Bertz CT molecular complexity index is 1380. The minimum Gasteiger partial charge on any atom is -0.372 e. The van der Waals surface area contributed by atoms with Crippen molar-refractivity contribution >= 4 is 40.1 Å². The Morgan fingerprint density at radius 1 is 1.09 bits per heavy atom. The van der Waals surface area contributed by atoms with Gasteiger partial charge in [0.2, 0.25) is 5.91 Å². The molecule has 9 nitrogen and oxygen atoms in total. The number of carbonyl (C=O) groups is 1. The molecule has 3 heterocycles. The van der Waals surface area contributed by atoms with Crippen molar-refractivity contribution in [2.75, 3.05) is 29.1 Å². The van der Waals surface area contributed by atoms with E-state index in [1.807, 2.05) is 54.6 Å². The lowest BCUT2D eigenvalue weighted by atomic mass is 10.2. The molecule has 1 aliphatic heterocycles. The summed E-state index contributed by atoms with van der Waals surface area (Å²) >= 11 is 1.17. The molecule has 4 aromatic rings. The molecule has 0 aliphatic carbocycles. The Labute approximate surface area is 206 Å². The molecule has 1 saturated heterocycles. The highest BCUT2D eigenvalue weighted by atomic mass is 32.2. The first-order chi connectivity index (χ1) is 17.0. The number of anilines is 2. The third-order valence-corrected chi connectivity index (χ3v) is 6.57. The molecule has 5 rings (SSSR count). The van der Waals surface area contributed by atoms with E-state index in [9.17, 15) is 9.59 Å². The van der Waals surface area contributed by atoms with Crippen LogP contribution in [0.25, 0.3) is 16.7 Å². The summed E-state index contributed by atoms with van der Waals surface area (Å²) < 4.78 is 7.42. The number of hydrogen-bond donors (Lipinski definition) is 2. The van der Waals surface area contributed by atoms with E-state index in [2.05, 4.69) is 39.1 Å². The fourth-order valence-electron chi connectivity index (χ4n) is 4.20.